The minimum absolute atomic E-state index is 0.0795. The highest BCUT2D eigenvalue weighted by Crippen LogP contribution is 2.22. The van der Waals surface area contributed by atoms with E-state index in [1.165, 1.54) is 6.07 Å². The first-order valence-electron chi connectivity index (χ1n) is 7.68. The molecule has 0 aliphatic carbocycles. The number of amides is 1. The number of benzene rings is 1. The summed E-state index contributed by atoms with van der Waals surface area (Å²) < 4.78 is 5.37. The van der Waals surface area contributed by atoms with Crippen LogP contribution in [0.2, 0.25) is 0 Å². The molecular formula is C18H21NO4S. The van der Waals surface area contributed by atoms with E-state index < -0.39 is 5.97 Å². The molecule has 2 N–H and O–H groups in total. The molecule has 6 heteroatoms. The van der Waals surface area contributed by atoms with Crippen molar-refractivity contribution in [1.82, 2.24) is 5.32 Å². The lowest BCUT2D eigenvalue weighted by Gasteiger charge is -2.23. The molecule has 2 aromatic rings. The van der Waals surface area contributed by atoms with Crippen LogP contribution in [0.15, 0.2) is 36.4 Å². The third-order valence-electron chi connectivity index (χ3n) is 3.79. The van der Waals surface area contributed by atoms with E-state index >= 15 is 0 Å². The monoisotopic (exact) mass is 347 g/mol. The molecule has 0 spiro atoms. The van der Waals surface area contributed by atoms with E-state index in [2.05, 4.69) is 5.32 Å². The number of methoxy groups -OCH3 is 1. The Labute approximate surface area is 145 Å². The minimum atomic E-state index is -1.02. The van der Waals surface area contributed by atoms with E-state index in [1.807, 2.05) is 38.1 Å². The predicted octanol–water partition coefficient (Wildman–Crippen LogP) is 3.45. The molecule has 128 valence electrons. The van der Waals surface area contributed by atoms with Gasteiger partial charge in [0.2, 0.25) is 0 Å². The number of ether oxygens (including phenoxy) is 1. The Balaban J connectivity index is 2.13. The number of rotatable bonds is 7. The van der Waals surface area contributed by atoms with Crippen LogP contribution < -0.4 is 10.1 Å². The third-order valence-corrected chi connectivity index (χ3v) is 4.87. The fraction of sp³-hybridized carbons (Fsp3) is 0.333. The number of hydrogen-bond donors (Lipinski definition) is 2. The van der Waals surface area contributed by atoms with Gasteiger partial charge in [0.05, 0.1) is 12.0 Å². The highest BCUT2D eigenvalue weighted by molar-refractivity contribution is 7.15. The molecule has 1 aromatic carbocycles. The molecule has 1 heterocycles. The van der Waals surface area contributed by atoms with Gasteiger partial charge >= 0.3 is 5.97 Å². The van der Waals surface area contributed by atoms with Gasteiger partial charge < -0.3 is 15.2 Å². The third kappa shape index (κ3) is 4.35. The fourth-order valence-corrected chi connectivity index (χ4v) is 3.12. The van der Waals surface area contributed by atoms with Gasteiger partial charge in [-0.2, -0.15) is 0 Å². The molecule has 0 radical (unpaired) electrons. The van der Waals surface area contributed by atoms with Crippen molar-refractivity contribution in [2.45, 2.75) is 26.3 Å². The van der Waals surface area contributed by atoms with Gasteiger partial charge in [0.15, 0.2) is 0 Å². The van der Waals surface area contributed by atoms with Crippen molar-refractivity contribution in [3.8, 4) is 5.75 Å². The maximum Gasteiger partial charge on any atom is 0.345 e. The minimum Gasteiger partial charge on any atom is -0.496 e. The second-order valence-electron chi connectivity index (χ2n) is 5.81. The SMILES string of the molecule is COc1ccccc1CC(NC(=O)c1ccc(C(=O)O)s1)C(C)C. The summed E-state index contributed by atoms with van der Waals surface area (Å²) in [7, 11) is 1.63. The zero-order chi connectivity index (χ0) is 17.7. The highest BCUT2D eigenvalue weighted by Gasteiger charge is 2.21. The van der Waals surface area contributed by atoms with Crippen molar-refractivity contribution in [2.24, 2.45) is 5.92 Å². The molecule has 2 rings (SSSR count). The van der Waals surface area contributed by atoms with Gasteiger partial charge in [-0.15, -0.1) is 11.3 Å². The molecule has 1 unspecified atom stereocenters. The number of para-hydroxylation sites is 1. The number of carboxylic acids is 1. The summed E-state index contributed by atoms with van der Waals surface area (Å²) >= 11 is 0.980. The van der Waals surface area contributed by atoms with E-state index in [4.69, 9.17) is 9.84 Å². The second-order valence-corrected chi connectivity index (χ2v) is 6.89. The van der Waals surface area contributed by atoms with Crippen molar-refractivity contribution in [1.29, 1.82) is 0 Å². The van der Waals surface area contributed by atoms with Gasteiger partial charge in [0, 0.05) is 6.04 Å². The average Bonchev–Trinajstić information content (AvgIpc) is 3.05. The maximum absolute atomic E-state index is 12.4. The van der Waals surface area contributed by atoms with E-state index in [1.54, 1.807) is 13.2 Å². The number of thiophene rings is 1. The van der Waals surface area contributed by atoms with Crippen LogP contribution in [0, 0.1) is 5.92 Å². The van der Waals surface area contributed by atoms with Gasteiger partial charge in [-0.05, 0) is 36.1 Å². The zero-order valence-corrected chi connectivity index (χ0v) is 14.7. The van der Waals surface area contributed by atoms with Gasteiger partial charge in [0.25, 0.3) is 5.91 Å². The maximum atomic E-state index is 12.4. The topological polar surface area (TPSA) is 75.6 Å². The first kappa shape index (κ1) is 18.0. The van der Waals surface area contributed by atoms with Gasteiger partial charge in [-0.25, -0.2) is 4.79 Å². The zero-order valence-electron chi connectivity index (χ0n) is 13.9. The summed E-state index contributed by atoms with van der Waals surface area (Å²) in [5, 5.41) is 12.0. The molecule has 0 fully saturated rings. The van der Waals surface area contributed by atoms with Crippen LogP contribution in [0.25, 0.3) is 0 Å². The number of aromatic carboxylic acids is 1. The molecule has 0 aliphatic heterocycles. The normalized spacial score (nSPS) is 12.0. The molecular weight excluding hydrogens is 326 g/mol. The van der Waals surface area contributed by atoms with E-state index in [9.17, 15) is 9.59 Å². The quantitative estimate of drug-likeness (QED) is 0.804. The number of nitrogens with one attached hydrogen (secondary N) is 1. The Morgan fingerprint density at radius 1 is 1.17 bits per heavy atom. The molecule has 1 atom stereocenters. The van der Waals surface area contributed by atoms with Gasteiger partial charge in [-0.1, -0.05) is 32.0 Å². The van der Waals surface area contributed by atoms with Crippen LogP contribution in [0.1, 0.15) is 38.8 Å². The molecule has 1 amide bonds. The van der Waals surface area contributed by atoms with E-state index in [0.29, 0.717) is 11.3 Å². The molecule has 0 bridgehead atoms. The lowest BCUT2D eigenvalue weighted by molar-refractivity contribution is 0.0702. The van der Waals surface area contributed by atoms with E-state index in [0.717, 1.165) is 22.6 Å². The van der Waals surface area contributed by atoms with Crippen molar-refractivity contribution in [3.05, 3.63) is 51.7 Å². The standard InChI is InChI=1S/C18H21NO4S/c1-11(2)13(10-12-6-4-5-7-14(12)23-3)19-17(20)15-8-9-16(24-15)18(21)22/h4-9,11,13H,10H2,1-3H3,(H,19,20)(H,21,22). The Bertz CT molecular complexity index is 723. The fourth-order valence-electron chi connectivity index (χ4n) is 2.38. The molecule has 0 aliphatic rings. The summed E-state index contributed by atoms with van der Waals surface area (Å²) in [5.74, 6) is -0.256. The van der Waals surface area contributed by atoms with Gasteiger partial charge in [-0.3, -0.25) is 4.79 Å². The average molecular weight is 347 g/mol. The summed E-state index contributed by atoms with van der Waals surface area (Å²) in [6, 6.07) is 10.6. The first-order valence-corrected chi connectivity index (χ1v) is 8.50. The largest absolute Gasteiger partial charge is 0.496 e. The smallest absolute Gasteiger partial charge is 0.345 e. The summed E-state index contributed by atoms with van der Waals surface area (Å²) in [6.45, 7) is 4.08. The van der Waals surface area contributed by atoms with Gasteiger partial charge in [0.1, 0.15) is 10.6 Å². The Hall–Kier alpha value is -2.34. The second kappa shape index (κ2) is 7.97. The number of hydrogen-bond acceptors (Lipinski definition) is 4. The molecule has 1 aromatic heterocycles. The molecule has 0 saturated heterocycles. The van der Waals surface area contributed by atoms with Crippen LogP contribution in [-0.4, -0.2) is 30.1 Å². The Morgan fingerprint density at radius 3 is 2.42 bits per heavy atom. The van der Waals surface area contributed by atoms with Crippen molar-refractivity contribution in [3.63, 3.8) is 0 Å². The van der Waals surface area contributed by atoms with E-state index in [-0.39, 0.29) is 22.7 Å². The summed E-state index contributed by atoms with van der Waals surface area (Å²) in [6.07, 6.45) is 0.643. The summed E-state index contributed by atoms with van der Waals surface area (Å²) in [5.41, 5.74) is 1.02. The van der Waals surface area contributed by atoms with Crippen molar-refractivity contribution in [2.75, 3.05) is 7.11 Å². The highest BCUT2D eigenvalue weighted by atomic mass is 32.1. The van der Waals surface area contributed by atoms with Crippen LogP contribution >= 0.6 is 11.3 Å². The lowest BCUT2D eigenvalue weighted by atomic mass is 9.95. The van der Waals surface area contributed by atoms with Crippen LogP contribution in [0.3, 0.4) is 0 Å². The lowest BCUT2D eigenvalue weighted by Crippen LogP contribution is -2.39. The Kier molecular flexibility index (Phi) is 5.98. The number of carbonyl (C=O) groups is 2. The Morgan fingerprint density at radius 2 is 1.83 bits per heavy atom. The predicted molar refractivity (Wildman–Crippen MR) is 94.1 cm³/mol. The first-order chi connectivity index (χ1) is 11.4. The number of carboxylic acid groups (broad SMARTS) is 1. The van der Waals surface area contributed by atoms with Crippen LogP contribution in [0.5, 0.6) is 5.75 Å². The van der Waals surface area contributed by atoms with Crippen LogP contribution in [0.4, 0.5) is 0 Å². The van der Waals surface area contributed by atoms with Crippen LogP contribution in [-0.2, 0) is 6.42 Å². The van der Waals surface area contributed by atoms with Crippen molar-refractivity contribution < 1.29 is 19.4 Å². The summed E-state index contributed by atoms with van der Waals surface area (Å²) in [4.78, 5) is 23.9. The molecule has 0 saturated carbocycles. The number of carbonyl (C=O) groups excluding carboxylic acids is 1. The van der Waals surface area contributed by atoms with Crippen molar-refractivity contribution >= 4 is 23.2 Å². The molecule has 24 heavy (non-hydrogen) atoms. The molecule has 5 nitrogen and oxygen atoms in total.